The summed E-state index contributed by atoms with van der Waals surface area (Å²) in [4.78, 5) is 33.4. The highest BCUT2D eigenvalue weighted by Gasteiger charge is 2.19. The number of hydrogen-bond acceptors (Lipinski definition) is 7. The van der Waals surface area contributed by atoms with Crippen LogP contribution in [0.2, 0.25) is 0 Å². The molecule has 0 aliphatic rings. The van der Waals surface area contributed by atoms with E-state index in [9.17, 15) is 19.7 Å². The van der Waals surface area contributed by atoms with Gasteiger partial charge in [0, 0.05) is 18.7 Å². The zero-order chi connectivity index (χ0) is 19.0. The fraction of sp³-hybridized carbons (Fsp3) is 0.500. The molecule has 1 unspecified atom stereocenters. The molecule has 1 aromatic carbocycles. The average molecular weight is 353 g/mol. The van der Waals surface area contributed by atoms with Gasteiger partial charge in [-0.1, -0.05) is 12.1 Å². The molecular weight excluding hydrogens is 330 g/mol. The Hall–Kier alpha value is -2.68. The van der Waals surface area contributed by atoms with Crippen LogP contribution >= 0.6 is 0 Å². The van der Waals surface area contributed by atoms with Gasteiger partial charge in [0.1, 0.15) is 5.60 Å². The van der Waals surface area contributed by atoms with Gasteiger partial charge in [0.15, 0.2) is 0 Å². The Bertz CT molecular complexity index is 609. The summed E-state index contributed by atoms with van der Waals surface area (Å²) in [5.41, 5.74) is -0.00651. The molecule has 138 valence electrons. The van der Waals surface area contributed by atoms with Crippen LogP contribution in [-0.4, -0.2) is 42.8 Å². The number of amides is 1. The van der Waals surface area contributed by atoms with Crippen molar-refractivity contribution < 1.29 is 24.0 Å². The van der Waals surface area contributed by atoms with Gasteiger partial charge in [-0.15, -0.1) is 0 Å². The molecule has 0 saturated heterocycles. The average Bonchev–Trinajstić information content (AvgIpc) is 2.53. The topological polar surface area (TPSA) is 120 Å². The Balaban J connectivity index is 2.79. The zero-order valence-electron chi connectivity index (χ0n) is 14.7. The second-order valence-corrected chi connectivity index (χ2v) is 6.24. The minimum absolute atomic E-state index is 0.0458. The first-order chi connectivity index (χ1) is 11.6. The molecule has 0 heterocycles. The van der Waals surface area contributed by atoms with Crippen LogP contribution in [0.25, 0.3) is 0 Å². The van der Waals surface area contributed by atoms with E-state index in [1.165, 1.54) is 19.2 Å². The Kier molecular flexibility index (Phi) is 7.31. The molecule has 0 aliphatic heterocycles. The predicted molar refractivity (Wildman–Crippen MR) is 90.1 cm³/mol. The van der Waals surface area contributed by atoms with E-state index in [4.69, 9.17) is 4.74 Å². The number of carbonyl (C=O) groups is 2. The van der Waals surface area contributed by atoms with Gasteiger partial charge in [0.25, 0.3) is 5.69 Å². The van der Waals surface area contributed by atoms with Crippen molar-refractivity contribution in [2.75, 3.05) is 20.2 Å². The number of methoxy groups -OCH3 is 1. The van der Waals surface area contributed by atoms with Crippen molar-refractivity contribution >= 4 is 17.7 Å². The summed E-state index contributed by atoms with van der Waals surface area (Å²) in [6, 6.07) is 5.38. The van der Waals surface area contributed by atoms with Crippen molar-refractivity contribution in [2.24, 2.45) is 0 Å². The molecule has 9 nitrogen and oxygen atoms in total. The quantitative estimate of drug-likeness (QED) is 0.436. The van der Waals surface area contributed by atoms with Crippen LogP contribution in [0.3, 0.4) is 0 Å². The van der Waals surface area contributed by atoms with E-state index in [1.807, 2.05) is 0 Å². The van der Waals surface area contributed by atoms with Crippen LogP contribution in [-0.2, 0) is 14.3 Å². The first kappa shape index (κ1) is 20.4. The maximum absolute atomic E-state index is 11.8. The van der Waals surface area contributed by atoms with Crippen LogP contribution in [0.5, 0.6) is 0 Å². The molecule has 9 heteroatoms. The number of nitrogens with one attached hydrogen (secondary N) is 2. The molecule has 0 aliphatic carbocycles. The third kappa shape index (κ3) is 7.62. The number of rotatable bonds is 7. The third-order valence-electron chi connectivity index (χ3n) is 3.08. The fourth-order valence-electron chi connectivity index (χ4n) is 1.91. The molecule has 0 aromatic heterocycles. The van der Waals surface area contributed by atoms with Crippen LogP contribution in [0.15, 0.2) is 24.3 Å². The first-order valence-electron chi connectivity index (χ1n) is 7.64. The lowest BCUT2D eigenvalue weighted by molar-refractivity contribution is -0.384. The molecule has 25 heavy (non-hydrogen) atoms. The van der Waals surface area contributed by atoms with Crippen LogP contribution in [0, 0.1) is 10.1 Å². The number of hydrogen-bond donors (Lipinski definition) is 2. The van der Waals surface area contributed by atoms with Crippen molar-refractivity contribution in [1.82, 2.24) is 10.6 Å². The largest absolute Gasteiger partial charge is 0.468 e. The predicted octanol–water partition coefficient (Wildman–Crippen LogP) is 1.92. The van der Waals surface area contributed by atoms with Gasteiger partial charge in [-0.2, -0.15) is 0 Å². The summed E-state index contributed by atoms with van der Waals surface area (Å²) in [7, 11) is 1.27. The Morgan fingerprint density at radius 1 is 1.24 bits per heavy atom. The van der Waals surface area contributed by atoms with Crippen LogP contribution in [0.1, 0.15) is 32.4 Å². The number of benzene rings is 1. The fourth-order valence-corrected chi connectivity index (χ4v) is 1.91. The third-order valence-corrected chi connectivity index (χ3v) is 3.08. The SMILES string of the molecule is COC(=O)CNC(CNC(=O)OC(C)(C)C)c1ccc([N+](=O)[O-])cc1. The molecule has 0 spiro atoms. The standard InChI is InChI=1S/C16H23N3O6/c1-16(2,3)25-15(21)18-9-13(17-10-14(20)24-4)11-5-7-12(8-6-11)19(22)23/h5-8,13,17H,9-10H2,1-4H3,(H,18,21). The van der Waals surface area contributed by atoms with Gasteiger partial charge in [-0.05, 0) is 26.3 Å². The smallest absolute Gasteiger partial charge is 0.407 e. The summed E-state index contributed by atoms with van der Waals surface area (Å²) >= 11 is 0. The van der Waals surface area contributed by atoms with Gasteiger partial charge in [-0.3, -0.25) is 20.2 Å². The number of nitrogens with zero attached hydrogens (tertiary/aromatic N) is 1. The maximum atomic E-state index is 11.8. The Labute approximate surface area is 145 Å². The van der Waals surface area contributed by atoms with Crippen molar-refractivity contribution in [1.29, 1.82) is 0 Å². The molecule has 1 rings (SSSR count). The summed E-state index contributed by atoms with van der Waals surface area (Å²) in [5.74, 6) is -0.468. The molecular formula is C16H23N3O6. The highest BCUT2D eigenvalue weighted by atomic mass is 16.6. The van der Waals surface area contributed by atoms with Gasteiger partial charge in [0.2, 0.25) is 0 Å². The minimum Gasteiger partial charge on any atom is -0.468 e. The molecule has 0 saturated carbocycles. The highest BCUT2D eigenvalue weighted by molar-refractivity contribution is 5.71. The lowest BCUT2D eigenvalue weighted by Gasteiger charge is -2.22. The number of alkyl carbamates (subject to hydrolysis) is 1. The molecule has 0 fully saturated rings. The lowest BCUT2D eigenvalue weighted by Crippen LogP contribution is -2.39. The van der Waals surface area contributed by atoms with Gasteiger partial charge < -0.3 is 14.8 Å². The Morgan fingerprint density at radius 2 is 1.84 bits per heavy atom. The van der Waals surface area contributed by atoms with Crippen molar-refractivity contribution in [3.63, 3.8) is 0 Å². The van der Waals surface area contributed by atoms with Crippen LogP contribution in [0.4, 0.5) is 10.5 Å². The van der Waals surface area contributed by atoms with Crippen LogP contribution < -0.4 is 10.6 Å². The molecule has 2 N–H and O–H groups in total. The summed E-state index contributed by atoms with van der Waals surface area (Å²) < 4.78 is 9.74. The van der Waals surface area contributed by atoms with E-state index < -0.39 is 28.6 Å². The van der Waals surface area contributed by atoms with Crippen molar-refractivity contribution in [3.8, 4) is 0 Å². The summed E-state index contributed by atoms with van der Waals surface area (Å²) in [6.45, 7) is 5.29. The molecule has 1 atom stereocenters. The van der Waals surface area contributed by atoms with Gasteiger partial charge >= 0.3 is 12.1 Å². The molecule has 0 radical (unpaired) electrons. The number of nitro groups is 1. The lowest BCUT2D eigenvalue weighted by atomic mass is 10.1. The molecule has 1 aromatic rings. The molecule has 0 bridgehead atoms. The van der Waals surface area contributed by atoms with Gasteiger partial charge in [-0.25, -0.2) is 4.79 Å². The van der Waals surface area contributed by atoms with Crippen molar-refractivity contribution in [3.05, 3.63) is 39.9 Å². The number of nitro benzene ring substituents is 1. The monoisotopic (exact) mass is 353 g/mol. The second-order valence-electron chi connectivity index (χ2n) is 6.24. The van der Waals surface area contributed by atoms with E-state index in [-0.39, 0.29) is 18.8 Å². The van der Waals surface area contributed by atoms with E-state index >= 15 is 0 Å². The van der Waals surface area contributed by atoms with Gasteiger partial charge in [0.05, 0.1) is 24.6 Å². The number of ether oxygens (including phenoxy) is 2. The summed E-state index contributed by atoms with van der Waals surface area (Å²) in [5, 5.41) is 16.3. The Morgan fingerprint density at radius 3 is 2.32 bits per heavy atom. The maximum Gasteiger partial charge on any atom is 0.407 e. The number of carbonyl (C=O) groups excluding carboxylic acids is 2. The number of esters is 1. The molecule has 1 amide bonds. The number of non-ortho nitro benzene ring substituents is 1. The second kappa shape index (κ2) is 8.97. The van der Waals surface area contributed by atoms with E-state index in [0.29, 0.717) is 5.56 Å². The highest BCUT2D eigenvalue weighted by Crippen LogP contribution is 2.18. The van der Waals surface area contributed by atoms with E-state index in [1.54, 1.807) is 32.9 Å². The minimum atomic E-state index is -0.633. The van der Waals surface area contributed by atoms with Crippen molar-refractivity contribution in [2.45, 2.75) is 32.4 Å². The first-order valence-corrected chi connectivity index (χ1v) is 7.64. The summed E-state index contributed by atoms with van der Waals surface area (Å²) in [6.07, 6.45) is -0.598. The van der Waals surface area contributed by atoms with E-state index in [0.717, 1.165) is 0 Å². The zero-order valence-corrected chi connectivity index (χ0v) is 14.7. The normalized spacial score (nSPS) is 12.2. The van der Waals surface area contributed by atoms with E-state index in [2.05, 4.69) is 15.4 Å².